The summed E-state index contributed by atoms with van der Waals surface area (Å²) in [6.45, 7) is 4.01. The van der Waals surface area contributed by atoms with Crippen LogP contribution >= 0.6 is 11.3 Å². The number of anilines is 1. The highest BCUT2D eigenvalue weighted by molar-refractivity contribution is 7.12. The van der Waals surface area contributed by atoms with E-state index in [1.165, 1.54) is 11.3 Å². The maximum Gasteiger partial charge on any atom is 0.267 e. The molecule has 1 amide bonds. The van der Waals surface area contributed by atoms with Crippen LogP contribution in [0.3, 0.4) is 0 Å². The van der Waals surface area contributed by atoms with Gasteiger partial charge in [0.05, 0.1) is 30.1 Å². The smallest absolute Gasteiger partial charge is 0.267 e. The Kier molecular flexibility index (Phi) is 4.10. The molecule has 3 aromatic heterocycles. The molecule has 0 saturated carbocycles. The highest BCUT2D eigenvalue weighted by atomic mass is 32.1. The summed E-state index contributed by atoms with van der Waals surface area (Å²) in [6.07, 6.45) is 5.09. The number of aromatic nitrogens is 5. The van der Waals surface area contributed by atoms with E-state index in [0.29, 0.717) is 10.6 Å². The lowest BCUT2D eigenvalue weighted by atomic mass is 10.2. The van der Waals surface area contributed by atoms with Crippen LogP contribution < -0.4 is 5.32 Å². The second kappa shape index (κ2) is 6.57. The lowest BCUT2D eigenvalue weighted by Gasteiger charge is -2.09. The first-order valence-electron chi connectivity index (χ1n) is 8.00. The SMILES string of the molecule is Cc1ncn(-c2ccc(NC(=O)c3sccc3-n3ccnn3)cc2)c1C. The quantitative estimate of drug-likeness (QED) is 0.602. The Balaban J connectivity index is 1.54. The van der Waals surface area contributed by atoms with Crippen LogP contribution in [0.15, 0.2) is 54.4 Å². The molecule has 3 heterocycles. The van der Waals surface area contributed by atoms with Crippen LogP contribution in [0.25, 0.3) is 11.4 Å². The van der Waals surface area contributed by atoms with E-state index in [4.69, 9.17) is 0 Å². The van der Waals surface area contributed by atoms with Gasteiger partial charge in [-0.15, -0.1) is 16.4 Å². The number of thiophene rings is 1. The topological polar surface area (TPSA) is 77.6 Å². The summed E-state index contributed by atoms with van der Waals surface area (Å²) in [7, 11) is 0. The number of rotatable bonds is 4. The number of hydrogen-bond donors (Lipinski definition) is 1. The van der Waals surface area contributed by atoms with Crippen molar-refractivity contribution in [3.8, 4) is 11.4 Å². The first-order valence-corrected chi connectivity index (χ1v) is 8.88. The predicted octanol–water partition coefficient (Wildman–Crippen LogP) is 3.38. The summed E-state index contributed by atoms with van der Waals surface area (Å²) < 4.78 is 3.60. The molecule has 0 saturated heterocycles. The summed E-state index contributed by atoms with van der Waals surface area (Å²) in [6, 6.07) is 9.52. The number of imidazole rings is 1. The maximum atomic E-state index is 12.6. The van der Waals surface area contributed by atoms with Gasteiger partial charge in [-0.3, -0.25) is 4.79 Å². The first-order chi connectivity index (χ1) is 12.6. The molecule has 130 valence electrons. The number of carbonyl (C=O) groups is 1. The molecule has 0 atom stereocenters. The van der Waals surface area contributed by atoms with Gasteiger partial charge in [0.2, 0.25) is 0 Å². The molecular weight excluding hydrogens is 348 g/mol. The number of aryl methyl sites for hydroxylation is 1. The third-order valence-corrected chi connectivity index (χ3v) is 5.08. The minimum absolute atomic E-state index is 0.173. The van der Waals surface area contributed by atoms with Gasteiger partial charge in [0.15, 0.2) is 0 Å². The van der Waals surface area contributed by atoms with Gasteiger partial charge in [-0.25, -0.2) is 9.67 Å². The summed E-state index contributed by atoms with van der Waals surface area (Å²) in [4.78, 5) is 17.5. The van der Waals surface area contributed by atoms with Crippen molar-refractivity contribution < 1.29 is 4.79 Å². The number of nitrogens with zero attached hydrogens (tertiary/aromatic N) is 5. The fourth-order valence-corrected chi connectivity index (χ4v) is 3.42. The van der Waals surface area contributed by atoms with Crippen LogP contribution in [-0.4, -0.2) is 30.5 Å². The Morgan fingerprint density at radius 3 is 2.62 bits per heavy atom. The van der Waals surface area contributed by atoms with Gasteiger partial charge in [0.25, 0.3) is 5.91 Å². The zero-order valence-corrected chi connectivity index (χ0v) is 15.1. The van der Waals surface area contributed by atoms with Crippen molar-refractivity contribution in [3.63, 3.8) is 0 Å². The second-order valence-electron chi connectivity index (χ2n) is 5.77. The summed E-state index contributed by atoms with van der Waals surface area (Å²) in [5, 5.41) is 12.5. The first kappa shape index (κ1) is 16.2. The standard InChI is InChI=1S/C18H16N6OS/c1-12-13(2)23(11-19-12)15-5-3-14(4-6-15)21-18(25)17-16(7-10-26-17)24-9-8-20-22-24/h3-11H,1-2H3,(H,21,25). The maximum absolute atomic E-state index is 12.6. The van der Waals surface area contributed by atoms with Gasteiger partial charge >= 0.3 is 0 Å². The Bertz CT molecular complexity index is 1050. The number of carbonyl (C=O) groups excluding carboxylic acids is 1. The van der Waals surface area contributed by atoms with Crippen molar-refractivity contribution in [2.75, 3.05) is 5.32 Å². The molecule has 0 spiro atoms. The molecule has 26 heavy (non-hydrogen) atoms. The van der Waals surface area contributed by atoms with Gasteiger partial charge in [0, 0.05) is 17.1 Å². The van der Waals surface area contributed by atoms with Crippen LogP contribution in [0, 0.1) is 13.8 Å². The highest BCUT2D eigenvalue weighted by Crippen LogP contribution is 2.22. The van der Waals surface area contributed by atoms with Crippen LogP contribution in [0.4, 0.5) is 5.69 Å². The van der Waals surface area contributed by atoms with Crippen LogP contribution in [-0.2, 0) is 0 Å². The molecule has 0 aliphatic carbocycles. The minimum atomic E-state index is -0.173. The van der Waals surface area contributed by atoms with Gasteiger partial charge < -0.3 is 9.88 Å². The molecular formula is C18H16N6OS. The Labute approximate surface area is 153 Å². The lowest BCUT2D eigenvalue weighted by Crippen LogP contribution is -2.13. The zero-order valence-electron chi connectivity index (χ0n) is 14.2. The summed E-state index contributed by atoms with van der Waals surface area (Å²) in [5.74, 6) is -0.173. The van der Waals surface area contributed by atoms with Crippen LogP contribution in [0.2, 0.25) is 0 Å². The van der Waals surface area contributed by atoms with E-state index in [1.807, 2.05) is 54.1 Å². The molecule has 0 bridgehead atoms. The van der Waals surface area contributed by atoms with E-state index in [2.05, 4.69) is 20.6 Å². The predicted molar refractivity (Wildman–Crippen MR) is 100 cm³/mol. The van der Waals surface area contributed by atoms with Gasteiger partial charge in [-0.1, -0.05) is 5.21 Å². The van der Waals surface area contributed by atoms with Crippen molar-refractivity contribution in [2.45, 2.75) is 13.8 Å². The number of hydrogen-bond acceptors (Lipinski definition) is 5. The minimum Gasteiger partial charge on any atom is -0.321 e. The zero-order chi connectivity index (χ0) is 18.1. The lowest BCUT2D eigenvalue weighted by molar-refractivity contribution is 0.103. The Morgan fingerprint density at radius 1 is 1.15 bits per heavy atom. The number of nitrogens with one attached hydrogen (secondary N) is 1. The molecule has 0 aliphatic heterocycles. The molecule has 0 aliphatic rings. The van der Waals surface area contributed by atoms with Gasteiger partial charge in [0.1, 0.15) is 4.88 Å². The molecule has 0 unspecified atom stereocenters. The third kappa shape index (κ3) is 2.91. The largest absolute Gasteiger partial charge is 0.321 e. The summed E-state index contributed by atoms with van der Waals surface area (Å²) in [5.41, 5.74) is 4.54. The van der Waals surface area contributed by atoms with Gasteiger partial charge in [-0.05, 0) is 49.6 Å². The molecule has 0 radical (unpaired) electrons. The average molecular weight is 364 g/mol. The van der Waals surface area contributed by atoms with E-state index in [9.17, 15) is 4.79 Å². The van der Waals surface area contributed by atoms with E-state index in [0.717, 1.165) is 22.8 Å². The summed E-state index contributed by atoms with van der Waals surface area (Å²) >= 11 is 1.37. The van der Waals surface area contributed by atoms with Crippen molar-refractivity contribution >= 4 is 22.9 Å². The van der Waals surface area contributed by atoms with Crippen molar-refractivity contribution in [1.82, 2.24) is 24.5 Å². The normalized spacial score (nSPS) is 10.8. The molecule has 1 N–H and O–H groups in total. The van der Waals surface area contributed by atoms with E-state index in [1.54, 1.807) is 23.4 Å². The molecule has 7 nitrogen and oxygen atoms in total. The molecule has 1 aromatic carbocycles. The monoisotopic (exact) mass is 364 g/mol. The van der Waals surface area contributed by atoms with Crippen LogP contribution in [0.1, 0.15) is 21.1 Å². The fourth-order valence-electron chi connectivity index (χ4n) is 2.64. The van der Waals surface area contributed by atoms with Crippen LogP contribution in [0.5, 0.6) is 0 Å². The number of benzene rings is 1. The van der Waals surface area contributed by atoms with Crippen molar-refractivity contribution in [2.24, 2.45) is 0 Å². The fraction of sp³-hybridized carbons (Fsp3) is 0.111. The second-order valence-corrected chi connectivity index (χ2v) is 6.69. The Morgan fingerprint density at radius 2 is 1.96 bits per heavy atom. The van der Waals surface area contributed by atoms with Gasteiger partial charge in [-0.2, -0.15) is 0 Å². The average Bonchev–Trinajstić information content (AvgIpc) is 3.38. The third-order valence-electron chi connectivity index (χ3n) is 4.18. The molecule has 8 heteroatoms. The van der Waals surface area contributed by atoms with E-state index >= 15 is 0 Å². The van der Waals surface area contributed by atoms with E-state index in [-0.39, 0.29) is 5.91 Å². The van der Waals surface area contributed by atoms with E-state index < -0.39 is 0 Å². The molecule has 4 aromatic rings. The van der Waals surface area contributed by atoms with Crippen molar-refractivity contribution in [1.29, 1.82) is 0 Å². The molecule has 0 fully saturated rings. The molecule has 4 rings (SSSR count). The highest BCUT2D eigenvalue weighted by Gasteiger charge is 2.15. The van der Waals surface area contributed by atoms with Crippen molar-refractivity contribution in [3.05, 3.63) is 70.7 Å². The Hall–Kier alpha value is -3.26. The number of amides is 1.